The largest absolute Gasteiger partial charge is 0.326 e. The Morgan fingerprint density at radius 3 is 2.73 bits per heavy atom. The van der Waals surface area contributed by atoms with Crippen molar-refractivity contribution in [2.24, 2.45) is 5.73 Å². The van der Waals surface area contributed by atoms with Crippen LogP contribution in [0.2, 0.25) is 0 Å². The molecule has 2 nitrogen and oxygen atoms in total. The third-order valence-corrected chi connectivity index (χ3v) is 3.40. The lowest BCUT2D eigenvalue weighted by molar-refractivity contribution is 0.161. The summed E-state index contributed by atoms with van der Waals surface area (Å²) in [6, 6.07) is 11.5. The fourth-order valence-corrected chi connectivity index (χ4v) is 2.42. The first-order chi connectivity index (χ1) is 7.27. The van der Waals surface area contributed by atoms with Crippen LogP contribution in [-0.4, -0.2) is 30.6 Å². The van der Waals surface area contributed by atoms with Crippen molar-refractivity contribution in [3.8, 4) is 0 Å². The summed E-state index contributed by atoms with van der Waals surface area (Å²) in [5, 5.41) is 0. The highest BCUT2D eigenvalue weighted by Gasteiger charge is 2.26. The number of hydrogen-bond donors (Lipinski definition) is 1. The van der Waals surface area contributed by atoms with Crippen molar-refractivity contribution in [3.63, 3.8) is 0 Å². The zero-order valence-electron chi connectivity index (χ0n) is 9.39. The molecule has 1 aliphatic heterocycles. The van der Waals surface area contributed by atoms with Gasteiger partial charge in [0.2, 0.25) is 0 Å². The van der Waals surface area contributed by atoms with Crippen LogP contribution >= 0.6 is 0 Å². The van der Waals surface area contributed by atoms with Crippen LogP contribution in [0.5, 0.6) is 0 Å². The molecule has 0 bridgehead atoms. The first-order valence-electron chi connectivity index (χ1n) is 5.77. The molecule has 1 aliphatic rings. The van der Waals surface area contributed by atoms with Gasteiger partial charge in [0, 0.05) is 12.1 Å². The SMILES string of the molecule is CN1CCCC(N)C1Cc1ccccc1. The monoisotopic (exact) mass is 204 g/mol. The van der Waals surface area contributed by atoms with Gasteiger partial charge in [0.15, 0.2) is 0 Å². The maximum Gasteiger partial charge on any atom is 0.0284 e. The van der Waals surface area contributed by atoms with Gasteiger partial charge >= 0.3 is 0 Å². The molecule has 2 unspecified atom stereocenters. The van der Waals surface area contributed by atoms with Gasteiger partial charge in [-0.1, -0.05) is 30.3 Å². The Morgan fingerprint density at radius 1 is 1.33 bits per heavy atom. The lowest BCUT2D eigenvalue weighted by atomic mass is 9.92. The van der Waals surface area contributed by atoms with E-state index in [0.29, 0.717) is 12.1 Å². The van der Waals surface area contributed by atoms with E-state index in [0.717, 1.165) is 6.42 Å². The van der Waals surface area contributed by atoms with Gasteiger partial charge in [0.05, 0.1) is 0 Å². The Bertz CT molecular complexity index is 287. The third-order valence-electron chi connectivity index (χ3n) is 3.40. The summed E-state index contributed by atoms with van der Waals surface area (Å²) in [5.41, 5.74) is 7.57. The summed E-state index contributed by atoms with van der Waals surface area (Å²) in [6.45, 7) is 1.19. The van der Waals surface area contributed by atoms with Crippen LogP contribution in [0.3, 0.4) is 0 Å². The van der Waals surface area contributed by atoms with Gasteiger partial charge in [-0.2, -0.15) is 0 Å². The highest BCUT2D eigenvalue weighted by molar-refractivity contribution is 5.16. The first-order valence-corrected chi connectivity index (χ1v) is 5.77. The van der Waals surface area contributed by atoms with E-state index in [1.165, 1.54) is 24.9 Å². The van der Waals surface area contributed by atoms with Crippen LogP contribution in [0, 0.1) is 0 Å². The average Bonchev–Trinajstić information content (AvgIpc) is 2.25. The second kappa shape index (κ2) is 4.77. The minimum Gasteiger partial charge on any atom is -0.326 e. The van der Waals surface area contributed by atoms with Gasteiger partial charge < -0.3 is 10.6 Å². The fraction of sp³-hybridized carbons (Fsp3) is 0.538. The summed E-state index contributed by atoms with van der Waals surface area (Å²) in [6.07, 6.45) is 3.49. The van der Waals surface area contributed by atoms with E-state index in [4.69, 9.17) is 5.73 Å². The van der Waals surface area contributed by atoms with E-state index < -0.39 is 0 Å². The van der Waals surface area contributed by atoms with Crippen LogP contribution in [0.1, 0.15) is 18.4 Å². The molecule has 15 heavy (non-hydrogen) atoms. The Labute approximate surface area is 92.1 Å². The number of benzene rings is 1. The Hall–Kier alpha value is -0.860. The summed E-state index contributed by atoms with van der Waals surface area (Å²) < 4.78 is 0. The fourth-order valence-electron chi connectivity index (χ4n) is 2.42. The van der Waals surface area contributed by atoms with E-state index in [1.54, 1.807) is 0 Å². The average molecular weight is 204 g/mol. The second-order valence-corrected chi connectivity index (χ2v) is 4.54. The Morgan fingerprint density at radius 2 is 2.07 bits per heavy atom. The van der Waals surface area contributed by atoms with Gasteiger partial charge in [-0.25, -0.2) is 0 Å². The molecular weight excluding hydrogens is 184 g/mol. The van der Waals surface area contributed by atoms with Gasteiger partial charge in [0.1, 0.15) is 0 Å². The van der Waals surface area contributed by atoms with Gasteiger partial charge in [-0.15, -0.1) is 0 Å². The van der Waals surface area contributed by atoms with Gasteiger partial charge in [-0.05, 0) is 38.4 Å². The quantitative estimate of drug-likeness (QED) is 0.793. The molecule has 0 radical (unpaired) electrons. The molecule has 1 heterocycles. The highest BCUT2D eigenvalue weighted by atomic mass is 15.2. The molecule has 82 valence electrons. The van der Waals surface area contributed by atoms with Crippen molar-refractivity contribution in [2.45, 2.75) is 31.3 Å². The molecule has 0 aliphatic carbocycles. The number of piperidine rings is 1. The zero-order chi connectivity index (χ0) is 10.7. The number of hydrogen-bond acceptors (Lipinski definition) is 2. The van der Waals surface area contributed by atoms with Crippen molar-refractivity contribution in [2.75, 3.05) is 13.6 Å². The van der Waals surface area contributed by atoms with Crippen molar-refractivity contribution >= 4 is 0 Å². The molecule has 2 rings (SSSR count). The lowest BCUT2D eigenvalue weighted by Crippen LogP contribution is -2.51. The lowest BCUT2D eigenvalue weighted by Gasteiger charge is -2.37. The van der Waals surface area contributed by atoms with Crippen LogP contribution in [-0.2, 0) is 6.42 Å². The number of likely N-dealkylation sites (N-methyl/N-ethyl adjacent to an activating group) is 1. The maximum atomic E-state index is 6.18. The van der Waals surface area contributed by atoms with E-state index in [-0.39, 0.29) is 0 Å². The van der Waals surface area contributed by atoms with Gasteiger partial charge in [0.25, 0.3) is 0 Å². The van der Waals surface area contributed by atoms with Crippen LogP contribution < -0.4 is 5.73 Å². The topological polar surface area (TPSA) is 29.3 Å². The molecule has 0 spiro atoms. The van der Waals surface area contributed by atoms with Crippen molar-refractivity contribution < 1.29 is 0 Å². The number of rotatable bonds is 2. The molecule has 1 saturated heterocycles. The van der Waals surface area contributed by atoms with Crippen LogP contribution in [0.25, 0.3) is 0 Å². The van der Waals surface area contributed by atoms with Gasteiger partial charge in [-0.3, -0.25) is 0 Å². The van der Waals surface area contributed by atoms with E-state index in [1.807, 2.05) is 0 Å². The highest BCUT2D eigenvalue weighted by Crippen LogP contribution is 2.18. The van der Waals surface area contributed by atoms with Crippen LogP contribution in [0.15, 0.2) is 30.3 Å². The van der Waals surface area contributed by atoms with Crippen molar-refractivity contribution in [1.82, 2.24) is 4.90 Å². The predicted molar refractivity (Wildman–Crippen MR) is 63.8 cm³/mol. The molecule has 0 aromatic heterocycles. The van der Waals surface area contributed by atoms with Crippen molar-refractivity contribution in [1.29, 1.82) is 0 Å². The predicted octanol–water partition coefficient (Wildman–Crippen LogP) is 1.65. The molecule has 2 heteroatoms. The van der Waals surface area contributed by atoms with E-state index in [9.17, 15) is 0 Å². The summed E-state index contributed by atoms with van der Waals surface area (Å²) in [5.74, 6) is 0. The van der Waals surface area contributed by atoms with E-state index in [2.05, 4.69) is 42.3 Å². The minimum atomic E-state index is 0.337. The Balaban J connectivity index is 2.03. The standard InChI is InChI=1S/C13H20N2/c1-15-9-5-8-12(14)13(15)10-11-6-3-2-4-7-11/h2-4,6-7,12-13H,5,8-10,14H2,1H3. The van der Waals surface area contributed by atoms with E-state index >= 15 is 0 Å². The zero-order valence-corrected chi connectivity index (χ0v) is 9.39. The summed E-state index contributed by atoms with van der Waals surface area (Å²) in [4.78, 5) is 2.40. The molecule has 1 fully saturated rings. The molecule has 0 saturated carbocycles. The molecule has 2 N–H and O–H groups in total. The normalized spacial score (nSPS) is 27.9. The number of nitrogens with two attached hydrogens (primary N) is 1. The first kappa shape index (κ1) is 10.7. The molecule has 1 aromatic carbocycles. The smallest absolute Gasteiger partial charge is 0.0284 e. The molecule has 2 atom stereocenters. The summed E-state index contributed by atoms with van der Waals surface area (Å²) >= 11 is 0. The number of nitrogens with zero attached hydrogens (tertiary/aromatic N) is 1. The maximum absolute atomic E-state index is 6.18. The number of likely N-dealkylation sites (tertiary alicyclic amines) is 1. The van der Waals surface area contributed by atoms with Crippen LogP contribution in [0.4, 0.5) is 0 Å². The molecular formula is C13H20N2. The summed E-state index contributed by atoms with van der Waals surface area (Å²) in [7, 11) is 2.19. The third kappa shape index (κ3) is 2.58. The minimum absolute atomic E-state index is 0.337. The molecule has 1 aromatic rings. The van der Waals surface area contributed by atoms with Crippen molar-refractivity contribution in [3.05, 3.63) is 35.9 Å². The Kier molecular flexibility index (Phi) is 3.39. The molecule has 0 amide bonds. The second-order valence-electron chi connectivity index (χ2n) is 4.54.